The first kappa shape index (κ1) is 17.3. The second-order valence-corrected chi connectivity index (χ2v) is 7.33. The number of nitriles is 1. The highest BCUT2D eigenvalue weighted by atomic mass is 16.1. The maximum Gasteiger partial charge on any atom is 0.210 e. The molecule has 1 N–H and O–H groups in total. The van der Waals surface area contributed by atoms with E-state index < -0.39 is 5.92 Å². The fraction of sp³-hybridized carbons (Fsp3) is 0.174. The van der Waals surface area contributed by atoms with Crippen LogP contribution in [0.1, 0.15) is 57.0 Å². The van der Waals surface area contributed by atoms with Crippen LogP contribution in [0.3, 0.4) is 0 Å². The van der Waals surface area contributed by atoms with Crippen molar-refractivity contribution >= 4 is 17.3 Å². The minimum Gasteiger partial charge on any atom is -0.355 e. The first-order chi connectivity index (χ1) is 14.1. The SMILES string of the molecule is N#Cc1ccc(C2C3=C(CCCC3=O)NC3=C2C(=O)c2cnccc2C3=O)cc1. The maximum atomic E-state index is 13.4. The van der Waals surface area contributed by atoms with Crippen LogP contribution in [0.5, 0.6) is 0 Å². The van der Waals surface area contributed by atoms with E-state index in [4.69, 9.17) is 5.26 Å². The van der Waals surface area contributed by atoms with Crippen LogP contribution in [0, 0.1) is 11.3 Å². The van der Waals surface area contributed by atoms with Gasteiger partial charge in [0.25, 0.3) is 0 Å². The zero-order valence-corrected chi connectivity index (χ0v) is 15.4. The molecule has 6 heteroatoms. The van der Waals surface area contributed by atoms with Crippen LogP contribution in [-0.2, 0) is 4.79 Å². The Bertz CT molecular complexity index is 1210. The molecule has 1 atom stereocenters. The highest BCUT2D eigenvalue weighted by molar-refractivity contribution is 6.28. The highest BCUT2D eigenvalue weighted by Gasteiger charge is 2.44. The molecular weight excluding hydrogens is 366 g/mol. The van der Waals surface area contributed by atoms with Crippen molar-refractivity contribution in [1.82, 2.24) is 10.3 Å². The molecule has 1 aliphatic heterocycles. The molecule has 0 radical (unpaired) electrons. The van der Waals surface area contributed by atoms with Gasteiger partial charge in [-0.25, -0.2) is 0 Å². The summed E-state index contributed by atoms with van der Waals surface area (Å²) in [5, 5.41) is 12.2. The molecule has 29 heavy (non-hydrogen) atoms. The van der Waals surface area contributed by atoms with Gasteiger partial charge >= 0.3 is 0 Å². The van der Waals surface area contributed by atoms with Gasteiger partial charge in [-0.2, -0.15) is 5.26 Å². The fourth-order valence-electron chi connectivity index (χ4n) is 4.40. The van der Waals surface area contributed by atoms with Crippen LogP contribution in [0.25, 0.3) is 0 Å². The number of rotatable bonds is 1. The van der Waals surface area contributed by atoms with Crippen LogP contribution in [0.4, 0.5) is 0 Å². The number of nitrogens with zero attached hydrogens (tertiary/aromatic N) is 2. The van der Waals surface area contributed by atoms with E-state index in [1.165, 1.54) is 12.4 Å². The van der Waals surface area contributed by atoms with Crippen molar-refractivity contribution in [3.8, 4) is 6.07 Å². The van der Waals surface area contributed by atoms with Crippen molar-refractivity contribution in [3.05, 3.63) is 87.5 Å². The summed E-state index contributed by atoms with van der Waals surface area (Å²) in [6, 6.07) is 10.5. The van der Waals surface area contributed by atoms with Gasteiger partial charge in [-0.3, -0.25) is 19.4 Å². The van der Waals surface area contributed by atoms with Crippen molar-refractivity contribution in [2.45, 2.75) is 25.2 Å². The Labute approximate surface area is 166 Å². The molecule has 2 heterocycles. The number of allylic oxidation sites excluding steroid dienone is 4. The van der Waals surface area contributed by atoms with Gasteiger partial charge in [-0.1, -0.05) is 12.1 Å². The van der Waals surface area contributed by atoms with Crippen LogP contribution >= 0.6 is 0 Å². The summed E-state index contributed by atoms with van der Waals surface area (Å²) in [4.78, 5) is 43.5. The number of dihydropyridines is 1. The Morgan fingerprint density at radius 3 is 2.52 bits per heavy atom. The first-order valence-corrected chi connectivity index (χ1v) is 9.41. The van der Waals surface area contributed by atoms with Crippen LogP contribution < -0.4 is 5.32 Å². The normalized spacial score (nSPS) is 20.5. The van der Waals surface area contributed by atoms with Crippen LogP contribution in [-0.4, -0.2) is 22.3 Å². The summed E-state index contributed by atoms with van der Waals surface area (Å²) in [6.07, 6.45) is 4.66. The summed E-state index contributed by atoms with van der Waals surface area (Å²) in [6.45, 7) is 0. The second kappa shape index (κ2) is 6.35. The average Bonchev–Trinajstić information content (AvgIpc) is 2.76. The smallest absolute Gasteiger partial charge is 0.210 e. The second-order valence-electron chi connectivity index (χ2n) is 7.33. The summed E-state index contributed by atoms with van der Waals surface area (Å²) >= 11 is 0. The van der Waals surface area contributed by atoms with Gasteiger partial charge in [0.1, 0.15) is 0 Å². The molecule has 1 aromatic heterocycles. The van der Waals surface area contributed by atoms with Gasteiger partial charge in [-0.05, 0) is 36.6 Å². The molecule has 0 saturated carbocycles. The maximum absolute atomic E-state index is 13.4. The van der Waals surface area contributed by atoms with Crippen molar-refractivity contribution in [3.63, 3.8) is 0 Å². The van der Waals surface area contributed by atoms with E-state index >= 15 is 0 Å². The zero-order chi connectivity index (χ0) is 20.1. The summed E-state index contributed by atoms with van der Waals surface area (Å²) in [5.74, 6) is -1.21. The van der Waals surface area contributed by atoms with Gasteiger partial charge in [0, 0.05) is 47.1 Å². The number of nitrogens with one attached hydrogen (secondary N) is 1. The predicted octanol–water partition coefficient (Wildman–Crippen LogP) is 2.98. The highest BCUT2D eigenvalue weighted by Crippen LogP contribution is 2.45. The number of carbonyl (C=O) groups is 3. The van der Waals surface area contributed by atoms with E-state index in [-0.39, 0.29) is 34.2 Å². The number of carbonyl (C=O) groups excluding carboxylic acids is 3. The van der Waals surface area contributed by atoms with E-state index in [0.29, 0.717) is 47.2 Å². The van der Waals surface area contributed by atoms with E-state index in [1.807, 2.05) is 0 Å². The van der Waals surface area contributed by atoms with Crippen molar-refractivity contribution < 1.29 is 14.4 Å². The molecule has 6 nitrogen and oxygen atoms in total. The fourth-order valence-corrected chi connectivity index (χ4v) is 4.40. The number of ketones is 3. The van der Waals surface area contributed by atoms with Gasteiger partial charge in [0.15, 0.2) is 11.6 Å². The number of aromatic nitrogens is 1. The first-order valence-electron chi connectivity index (χ1n) is 9.41. The minimum absolute atomic E-state index is 0.0168. The van der Waals surface area contributed by atoms with Crippen LogP contribution in [0.2, 0.25) is 0 Å². The Hall–Kier alpha value is -3.85. The lowest BCUT2D eigenvalue weighted by molar-refractivity contribution is -0.116. The number of pyridine rings is 1. The number of hydrogen-bond donors (Lipinski definition) is 1. The molecule has 5 rings (SSSR count). The third kappa shape index (κ3) is 2.48. The van der Waals surface area contributed by atoms with E-state index in [9.17, 15) is 14.4 Å². The summed E-state index contributed by atoms with van der Waals surface area (Å²) in [5.41, 5.74) is 3.58. The summed E-state index contributed by atoms with van der Waals surface area (Å²) < 4.78 is 0. The van der Waals surface area contributed by atoms with Crippen molar-refractivity contribution in [1.29, 1.82) is 5.26 Å². The molecular formula is C23H15N3O3. The lowest BCUT2D eigenvalue weighted by atomic mass is 9.70. The summed E-state index contributed by atoms with van der Waals surface area (Å²) in [7, 11) is 0. The van der Waals surface area contributed by atoms with Crippen molar-refractivity contribution in [2.75, 3.05) is 0 Å². The lowest BCUT2D eigenvalue weighted by Crippen LogP contribution is -2.40. The molecule has 1 unspecified atom stereocenters. The van der Waals surface area contributed by atoms with E-state index in [2.05, 4.69) is 16.4 Å². The minimum atomic E-state index is -0.633. The molecule has 0 spiro atoms. The third-order valence-corrected chi connectivity index (χ3v) is 5.73. The number of fused-ring (bicyclic) bond motifs is 1. The average molecular weight is 381 g/mol. The monoisotopic (exact) mass is 381 g/mol. The number of hydrogen-bond acceptors (Lipinski definition) is 6. The predicted molar refractivity (Wildman–Crippen MR) is 103 cm³/mol. The van der Waals surface area contributed by atoms with E-state index in [0.717, 1.165) is 0 Å². The zero-order valence-electron chi connectivity index (χ0n) is 15.4. The largest absolute Gasteiger partial charge is 0.355 e. The Kier molecular flexibility index (Phi) is 3.78. The Morgan fingerprint density at radius 1 is 0.966 bits per heavy atom. The molecule has 0 bridgehead atoms. The Balaban J connectivity index is 1.75. The van der Waals surface area contributed by atoms with Crippen molar-refractivity contribution in [2.24, 2.45) is 0 Å². The molecule has 1 aromatic carbocycles. The molecule has 0 saturated heterocycles. The Morgan fingerprint density at radius 2 is 1.76 bits per heavy atom. The molecule has 2 aromatic rings. The molecule has 2 aliphatic carbocycles. The molecule has 0 amide bonds. The topological polar surface area (TPSA) is 99.9 Å². The molecule has 140 valence electrons. The molecule has 3 aliphatic rings. The molecule has 0 fully saturated rings. The van der Waals surface area contributed by atoms with Crippen LogP contribution in [0.15, 0.2) is 65.3 Å². The van der Waals surface area contributed by atoms with Gasteiger partial charge in [0.05, 0.1) is 22.9 Å². The quantitative estimate of drug-likeness (QED) is 0.815. The standard InChI is InChI=1S/C23H15N3O3/c24-10-12-4-6-13(7-5-12)18-19-16(2-1-3-17(19)27)26-21-20(18)22(28)15-11-25-9-8-14(15)23(21)29/h4-9,11,18,26H,1-3H2. The number of Topliss-reactive ketones (excluding diaryl/α,β-unsaturated/α-hetero) is 3. The lowest BCUT2D eigenvalue weighted by Gasteiger charge is -2.36. The number of benzene rings is 1. The van der Waals surface area contributed by atoms with Gasteiger partial charge in [0.2, 0.25) is 5.78 Å². The van der Waals surface area contributed by atoms with Gasteiger partial charge < -0.3 is 5.32 Å². The third-order valence-electron chi connectivity index (χ3n) is 5.73. The van der Waals surface area contributed by atoms with E-state index in [1.54, 1.807) is 30.3 Å². The van der Waals surface area contributed by atoms with Gasteiger partial charge in [-0.15, -0.1) is 0 Å².